The van der Waals surface area contributed by atoms with Gasteiger partial charge < -0.3 is 14.6 Å². The number of hydrogen-bond donors (Lipinski definition) is 1. The van der Waals surface area contributed by atoms with E-state index in [0.29, 0.717) is 17.0 Å². The number of nitrogens with zero attached hydrogens (tertiary/aromatic N) is 2. The van der Waals surface area contributed by atoms with Crippen LogP contribution in [0, 0.1) is 18.7 Å². The Morgan fingerprint density at radius 1 is 1.41 bits per heavy atom. The van der Waals surface area contributed by atoms with Crippen LogP contribution >= 0.6 is 0 Å². The van der Waals surface area contributed by atoms with Crippen LogP contribution in [0.2, 0.25) is 0 Å². The summed E-state index contributed by atoms with van der Waals surface area (Å²) < 4.78 is 24.3. The molecule has 1 amide bonds. The summed E-state index contributed by atoms with van der Waals surface area (Å²) in [6.07, 6.45) is 0.242. The third-order valence-corrected chi connectivity index (χ3v) is 4.94. The first kappa shape index (κ1) is 19.0. The largest absolute Gasteiger partial charge is 0.468 e. The van der Waals surface area contributed by atoms with Gasteiger partial charge in [-0.2, -0.15) is 0 Å². The van der Waals surface area contributed by atoms with Crippen molar-refractivity contribution in [3.63, 3.8) is 0 Å². The van der Waals surface area contributed by atoms with Crippen molar-refractivity contribution in [1.82, 2.24) is 15.4 Å². The topological polar surface area (TPSA) is 84.7 Å². The fourth-order valence-corrected chi connectivity index (χ4v) is 3.62. The molecule has 1 aromatic heterocycles. The minimum Gasteiger partial charge on any atom is -0.468 e. The van der Waals surface area contributed by atoms with E-state index in [9.17, 15) is 14.0 Å². The van der Waals surface area contributed by atoms with Gasteiger partial charge in [-0.1, -0.05) is 23.4 Å². The van der Waals surface area contributed by atoms with E-state index in [-0.39, 0.29) is 18.9 Å². The summed E-state index contributed by atoms with van der Waals surface area (Å²) in [5, 5.41) is 6.65. The average molecular weight is 375 g/mol. The smallest absolute Gasteiger partial charge is 0.323 e. The number of likely N-dealkylation sites (N-methyl/N-ethyl adjacent to an activating group) is 1. The number of aryl methyl sites for hydroxylation is 1. The average Bonchev–Trinajstić information content (AvgIpc) is 3.23. The highest BCUT2D eigenvalue weighted by Crippen LogP contribution is 2.41. The van der Waals surface area contributed by atoms with Crippen LogP contribution in [-0.2, 0) is 20.9 Å². The molecule has 1 aromatic carbocycles. The molecule has 1 N–H and O–H groups in total. The lowest BCUT2D eigenvalue weighted by Gasteiger charge is -2.27. The number of halogens is 1. The lowest BCUT2D eigenvalue weighted by molar-refractivity contribution is -0.145. The van der Waals surface area contributed by atoms with Crippen LogP contribution in [0.1, 0.15) is 29.5 Å². The molecule has 1 fully saturated rings. The maximum Gasteiger partial charge on any atom is 0.323 e. The first-order chi connectivity index (χ1) is 12.9. The molecule has 0 radical (unpaired) electrons. The molecule has 0 aliphatic carbocycles. The minimum absolute atomic E-state index is 0.198. The summed E-state index contributed by atoms with van der Waals surface area (Å²) in [5.74, 6) is -1.09. The molecule has 1 saturated heterocycles. The molecule has 0 spiro atoms. The number of ether oxygens (including phenoxy) is 1. The number of amides is 1. The molecule has 2 aromatic rings. The molecular formula is C19H22FN3O4. The van der Waals surface area contributed by atoms with Crippen molar-refractivity contribution in [3.05, 3.63) is 53.2 Å². The van der Waals surface area contributed by atoms with E-state index >= 15 is 0 Å². The molecule has 0 unspecified atom stereocenters. The Kier molecular flexibility index (Phi) is 5.55. The van der Waals surface area contributed by atoms with Gasteiger partial charge in [-0.15, -0.1) is 0 Å². The second-order valence-corrected chi connectivity index (χ2v) is 6.66. The second kappa shape index (κ2) is 7.87. The van der Waals surface area contributed by atoms with Crippen LogP contribution in [0.5, 0.6) is 0 Å². The number of aromatic nitrogens is 1. The van der Waals surface area contributed by atoms with Gasteiger partial charge in [0.1, 0.15) is 23.3 Å². The Morgan fingerprint density at radius 3 is 2.78 bits per heavy atom. The van der Waals surface area contributed by atoms with Crippen molar-refractivity contribution in [3.8, 4) is 0 Å². The Labute approximate surface area is 156 Å². The number of nitrogens with one attached hydrogen (secondary N) is 1. The lowest BCUT2D eigenvalue weighted by Crippen LogP contribution is -2.36. The van der Waals surface area contributed by atoms with Gasteiger partial charge in [0.05, 0.1) is 19.6 Å². The predicted octanol–water partition coefficient (Wildman–Crippen LogP) is 1.97. The summed E-state index contributed by atoms with van der Waals surface area (Å²) in [4.78, 5) is 26.7. The van der Waals surface area contributed by atoms with Gasteiger partial charge in [0.2, 0.25) is 5.91 Å². The molecule has 144 valence electrons. The third-order valence-electron chi connectivity index (χ3n) is 4.94. The number of hydrogen-bond acceptors (Lipinski definition) is 6. The maximum atomic E-state index is 14.4. The van der Waals surface area contributed by atoms with E-state index in [1.165, 1.54) is 13.2 Å². The monoisotopic (exact) mass is 375 g/mol. The van der Waals surface area contributed by atoms with Crippen LogP contribution < -0.4 is 5.32 Å². The van der Waals surface area contributed by atoms with Gasteiger partial charge in [0, 0.05) is 17.7 Å². The van der Waals surface area contributed by atoms with E-state index in [4.69, 9.17) is 9.26 Å². The normalized spacial score (nSPS) is 22.6. The molecule has 1 aliphatic rings. The summed E-state index contributed by atoms with van der Waals surface area (Å²) in [5.41, 5.74) is 0.975. The van der Waals surface area contributed by atoms with E-state index in [0.717, 1.165) is 0 Å². The molecule has 0 bridgehead atoms. The Morgan fingerprint density at radius 2 is 2.15 bits per heavy atom. The summed E-state index contributed by atoms with van der Waals surface area (Å²) in [7, 11) is 3.00. The second-order valence-electron chi connectivity index (χ2n) is 6.66. The summed E-state index contributed by atoms with van der Waals surface area (Å²) >= 11 is 0. The van der Waals surface area contributed by atoms with E-state index in [1.807, 2.05) is 0 Å². The molecule has 0 saturated carbocycles. The third kappa shape index (κ3) is 3.85. The number of carbonyl (C=O) groups is 2. The number of rotatable bonds is 5. The highest BCUT2D eigenvalue weighted by atomic mass is 19.1. The molecule has 1 aliphatic heterocycles. The van der Waals surface area contributed by atoms with Crippen LogP contribution in [0.25, 0.3) is 0 Å². The Bertz CT molecular complexity index is 838. The lowest BCUT2D eigenvalue weighted by atomic mass is 9.92. The maximum absolute atomic E-state index is 14.4. The zero-order chi connectivity index (χ0) is 19.6. The highest BCUT2D eigenvalue weighted by molar-refractivity contribution is 5.83. The van der Waals surface area contributed by atoms with Crippen LogP contribution in [-0.4, -0.2) is 42.1 Å². The van der Waals surface area contributed by atoms with Crippen molar-refractivity contribution < 1.29 is 23.2 Å². The number of likely N-dealkylation sites (tertiary alicyclic amines) is 1. The SMILES string of the molecule is COC(=O)[C@@H]1C[C@H](C(=O)NCc2cc(C)on2)[C@H](c2ccccc2F)N1C. The summed E-state index contributed by atoms with van der Waals surface area (Å²) in [6, 6.07) is 6.82. The number of methoxy groups -OCH3 is 1. The van der Waals surface area contributed by atoms with Crippen molar-refractivity contribution in [2.24, 2.45) is 5.92 Å². The van der Waals surface area contributed by atoms with Gasteiger partial charge in [0.15, 0.2) is 0 Å². The van der Waals surface area contributed by atoms with Crippen molar-refractivity contribution in [1.29, 1.82) is 0 Å². The zero-order valence-corrected chi connectivity index (χ0v) is 15.4. The van der Waals surface area contributed by atoms with Gasteiger partial charge in [-0.3, -0.25) is 14.5 Å². The van der Waals surface area contributed by atoms with Gasteiger partial charge >= 0.3 is 5.97 Å². The van der Waals surface area contributed by atoms with Gasteiger partial charge in [-0.25, -0.2) is 4.39 Å². The first-order valence-corrected chi connectivity index (χ1v) is 8.66. The standard InChI is InChI=1S/C19H22FN3O4/c1-11-8-12(22-27-11)10-21-18(24)14-9-16(19(25)26-3)23(2)17(14)13-6-4-5-7-15(13)20/h4-8,14,16-17H,9-10H2,1-3H3,(H,21,24)/t14-,16-,17-/m0/s1. The Balaban J connectivity index is 1.84. The van der Waals surface area contributed by atoms with Gasteiger partial charge in [-0.05, 0) is 26.5 Å². The molecule has 2 heterocycles. The zero-order valence-electron chi connectivity index (χ0n) is 15.4. The molecular weight excluding hydrogens is 353 g/mol. The molecule has 3 rings (SSSR count). The molecule has 27 heavy (non-hydrogen) atoms. The first-order valence-electron chi connectivity index (χ1n) is 8.66. The summed E-state index contributed by atoms with van der Waals surface area (Å²) in [6.45, 7) is 1.96. The van der Waals surface area contributed by atoms with Gasteiger partial charge in [0.25, 0.3) is 0 Å². The van der Waals surface area contributed by atoms with E-state index in [2.05, 4.69) is 10.5 Å². The van der Waals surface area contributed by atoms with Crippen molar-refractivity contribution in [2.45, 2.75) is 32.0 Å². The predicted molar refractivity (Wildman–Crippen MR) is 93.9 cm³/mol. The number of esters is 1. The van der Waals surface area contributed by atoms with Crippen molar-refractivity contribution >= 4 is 11.9 Å². The van der Waals surface area contributed by atoms with Crippen LogP contribution in [0.15, 0.2) is 34.9 Å². The molecule has 8 heteroatoms. The highest BCUT2D eigenvalue weighted by Gasteiger charge is 2.47. The fraction of sp³-hybridized carbons (Fsp3) is 0.421. The Hall–Kier alpha value is -2.74. The molecule has 7 nitrogen and oxygen atoms in total. The fourth-order valence-electron chi connectivity index (χ4n) is 3.62. The van der Waals surface area contributed by atoms with Crippen LogP contribution in [0.4, 0.5) is 4.39 Å². The van der Waals surface area contributed by atoms with Crippen LogP contribution in [0.3, 0.4) is 0 Å². The minimum atomic E-state index is -0.621. The number of carbonyl (C=O) groups excluding carboxylic acids is 2. The van der Waals surface area contributed by atoms with E-state index < -0.39 is 29.8 Å². The quantitative estimate of drug-likeness (QED) is 0.805. The number of benzene rings is 1. The van der Waals surface area contributed by atoms with Crippen molar-refractivity contribution in [2.75, 3.05) is 14.2 Å². The van der Waals surface area contributed by atoms with E-state index in [1.54, 1.807) is 43.1 Å². The molecule has 3 atom stereocenters.